The van der Waals surface area contributed by atoms with Crippen LogP contribution in [-0.4, -0.2) is 27.2 Å². The van der Waals surface area contributed by atoms with Gasteiger partial charge in [-0.25, -0.2) is 9.97 Å². The molecule has 0 aliphatic heterocycles. The molecule has 6 nitrogen and oxygen atoms in total. The maximum Gasteiger partial charge on any atom is 0.191 e. The predicted octanol–water partition coefficient (Wildman–Crippen LogP) is 3.72. The molecule has 0 saturated heterocycles. The van der Waals surface area contributed by atoms with Crippen LogP contribution in [-0.2, 0) is 0 Å². The summed E-state index contributed by atoms with van der Waals surface area (Å²) in [6.07, 6.45) is 5.19. The number of benzene rings is 1. The molecule has 140 valence electrons. The molecule has 3 aromatic rings. The van der Waals surface area contributed by atoms with Gasteiger partial charge in [0.25, 0.3) is 0 Å². The number of aromatic nitrogens is 2. The lowest BCUT2D eigenvalue weighted by Gasteiger charge is -2.12. The molecule has 1 aliphatic carbocycles. The van der Waals surface area contributed by atoms with Crippen LogP contribution in [0, 0.1) is 13.8 Å². The summed E-state index contributed by atoms with van der Waals surface area (Å²) >= 11 is 1.53. The van der Waals surface area contributed by atoms with Gasteiger partial charge in [0.05, 0.1) is 17.4 Å². The molecule has 0 radical (unpaired) electrons. The van der Waals surface area contributed by atoms with E-state index in [0.29, 0.717) is 24.0 Å². The zero-order valence-electron chi connectivity index (χ0n) is 15.3. The first-order valence-electron chi connectivity index (χ1n) is 8.85. The Morgan fingerprint density at radius 2 is 2.00 bits per heavy atom. The van der Waals surface area contributed by atoms with Gasteiger partial charge in [-0.3, -0.25) is 4.72 Å². The number of nitrogens with two attached hydrogens (primary N) is 1. The lowest BCUT2D eigenvalue weighted by atomic mass is 10.0. The van der Waals surface area contributed by atoms with Crippen LogP contribution in [0.1, 0.15) is 24.3 Å². The number of hydrogen-bond acceptors (Lipinski definition) is 7. The van der Waals surface area contributed by atoms with Crippen molar-refractivity contribution in [2.45, 2.75) is 37.2 Å². The summed E-state index contributed by atoms with van der Waals surface area (Å²) in [4.78, 5) is 9.57. The van der Waals surface area contributed by atoms with Crippen molar-refractivity contribution in [3.63, 3.8) is 0 Å². The highest BCUT2D eigenvalue weighted by Gasteiger charge is 2.39. The van der Waals surface area contributed by atoms with Gasteiger partial charge in [-0.1, -0.05) is 6.07 Å². The third-order valence-electron chi connectivity index (χ3n) is 4.74. The third kappa shape index (κ3) is 4.00. The molecule has 2 aromatic heterocycles. The summed E-state index contributed by atoms with van der Waals surface area (Å²) in [5.41, 5.74) is 9.47. The summed E-state index contributed by atoms with van der Waals surface area (Å²) in [6, 6.07) is 8.25. The molecule has 2 heterocycles. The molecule has 4 N–H and O–H groups in total. The van der Waals surface area contributed by atoms with Crippen LogP contribution in [0.4, 0.5) is 5.82 Å². The molecule has 1 saturated carbocycles. The fraction of sp³-hybridized carbons (Fsp3) is 0.300. The van der Waals surface area contributed by atoms with Crippen molar-refractivity contribution in [2.24, 2.45) is 0 Å². The minimum Gasteiger partial charge on any atom is -0.441 e. The first kappa shape index (κ1) is 18.0. The van der Waals surface area contributed by atoms with Gasteiger partial charge in [0.1, 0.15) is 5.82 Å². The molecule has 7 heteroatoms. The number of oxazole rings is 1. The van der Waals surface area contributed by atoms with Crippen molar-refractivity contribution in [3.8, 4) is 22.5 Å². The van der Waals surface area contributed by atoms with E-state index in [9.17, 15) is 5.11 Å². The molecule has 1 aliphatic rings. The molecule has 1 fully saturated rings. The highest BCUT2D eigenvalue weighted by molar-refractivity contribution is 7.97. The Balaban J connectivity index is 1.61. The average molecular weight is 382 g/mol. The van der Waals surface area contributed by atoms with E-state index in [0.717, 1.165) is 40.0 Å². The molecule has 27 heavy (non-hydrogen) atoms. The Bertz CT molecular complexity index is 982. The van der Waals surface area contributed by atoms with Crippen molar-refractivity contribution in [2.75, 3.05) is 12.3 Å². The zero-order valence-corrected chi connectivity index (χ0v) is 16.1. The SMILES string of the molecule is Cc1ncc(-c2cc(-c3cc(SNCC4(O)CC4)ccc3C)cnc2N)o1. The molecule has 4 rings (SSSR count). The number of anilines is 1. The van der Waals surface area contributed by atoms with Crippen molar-refractivity contribution in [1.82, 2.24) is 14.7 Å². The average Bonchev–Trinajstić information content (AvgIpc) is 3.22. The van der Waals surface area contributed by atoms with E-state index in [4.69, 9.17) is 10.2 Å². The van der Waals surface area contributed by atoms with Crippen LogP contribution in [0.3, 0.4) is 0 Å². The summed E-state index contributed by atoms with van der Waals surface area (Å²) in [5.74, 6) is 1.62. The van der Waals surface area contributed by atoms with Crippen molar-refractivity contribution in [3.05, 3.63) is 48.1 Å². The van der Waals surface area contributed by atoms with Gasteiger partial charge in [0.2, 0.25) is 0 Å². The molecule has 0 bridgehead atoms. The van der Waals surface area contributed by atoms with E-state index in [1.807, 2.05) is 6.07 Å². The Morgan fingerprint density at radius 3 is 2.70 bits per heavy atom. The predicted molar refractivity (Wildman–Crippen MR) is 107 cm³/mol. The van der Waals surface area contributed by atoms with Gasteiger partial charge in [-0.15, -0.1) is 0 Å². The molecule has 1 aromatic carbocycles. The Kier molecular flexibility index (Phi) is 4.67. The van der Waals surface area contributed by atoms with E-state index >= 15 is 0 Å². The fourth-order valence-electron chi connectivity index (χ4n) is 2.86. The van der Waals surface area contributed by atoms with Crippen molar-refractivity contribution >= 4 is 17.8 Å². The number of aryl methyl sites for hydroxylation is 2. The largest absolute Gasteiger partial charge is 0.441 e. The standard InChI is InChI=1S/C20H22N4O2S/c1-12-3-4-15(27-24-11-20(25)5-6-20)8-16(12)14-7-17(19(21)23-9-14)18-10-22-13(2)26-18/h3-4,7-10,24-25H,5-6,11H2,1-2H3,(H2,21,23). The minimum atomic E-state index is -0.508. The van der Waals surface area contributed by atoms with Crippen molar-refractivity contribution in [1.29, 1.82) is 0 Å². The van der Waals surface area contributed by atoms with Gasteiger partial charge in [0, 0.05) is 30.1 Å². The van der Waals surface area contributed by atoms with Gasteiger partial charge in [-0.05, 0) is 61.0 Å². The normalized spacial score (nSPS) is 15.1. The number of nitrogens with zero attached hydrogens (tertiary/aromatic N) is 2. The topological polar surface area (TPSA) is 97.2 Å². The fourth-order valence-corrected chi connectivity index (χ4v) is 3.68. The van der Waals surface area contributed by atoms with E-state index in [-0.39, 0.29) is 0 Å². The number of nitrogen functional groups attached to an aromatic ring is 1. The summed E-state index contributed by atoms with van der Waals surface area (Å²) in [6.45, 7) is 4.46. The second kappa shape index (κ2) is 6.99. The van der Waals surface area contributed by atoms with Crippen LogP contribution < -0.4 is 10.5 Å². The molecule has 0 amide bonds. The Labute approximate surface area is 162 Å². The molecule has 0 atom stereocenters. The molecule has 0 spiro atoms. The minimum absolute atomic E-state index is 0.414. The highest BCUT2D eigenvalue weighted by atomic mass is 32.2. The highest BCUT2D eigenvalue weighted by Crippen LogP contribution is 2.36. The van der Waals surface area contributed by atoms with Gasteiger partial charge >= 0.3 is 0 Å². The molecule has 0 unspecified atom stereocenters. The zero-order chi connectivity index (χ0) is 19.0. The first-order valence-corrected chi connectivity index (χ1v) is 9.67. The number of aliphatic hydroxyl groups is 1. The number of pyridine rings is 1. The quantitative estimate of drug-likeness (QED) is 0.559. The maximum absolute atomic E-state index is 9.94. The number of nitrogens with one attached hydrogen (secondary N) is 1. The van der Waals surface area contributed by atoms with Crippen LogP contribution >= 0.6 is 11.9 Å². The van der Waals surface area contributed by atoms with Crippen LogP contribution in [0.5, 0.6) is 0 Å². The van der Waals surface area contributed by atoms with Gasteiger partial charge in [0.15, 0.2) is 11.7 Å². The summed E-state index contributed by atoms with van der Waals surface area (Å²) in [5, 5.41) is 9.94. The van der Waals surface area contributed by atoms with E-state index in [1.165, 1.54) is 11.9 Å². The molecular weight excluding hydrogens is 360 g/mol. The maximum atomic E-state index is 9.94. The smallest absolute Gasteiger partial charge is 0.191 e. The Morgan fingerprint density at radius 1 is 1.19 bits per heavy atom. The third-order valence-corrected chi connectivity index (χ3v) is 5.52. The van der Waals surface area contributed by atoms with E-state index in [1.54, 1.807) is 19.3 Å². The Hall–Kier alpha value is -2.35. The van der Waals surface area contributed by atoms with Crippen LogP contribution in [0.15, 0.2) is 46.0 Å². The summed E-state index contributed by atoms with van der Waals surface area (Å²) < 4.78 is 8.88. The first-order chi connectivity index (χ1) is 12.9. The molecular formula is C20H22N4O2S. The lowest BCUT2D eigenvalue weighted by Crippen LogP contribution is -2.23. The van der Waals surface area contributed by atoms with Crippen LogP contribution in [0.25, 0.3) is 22.5 Å². The number of hydrogen-bond donors (Lipinski definition) is 3. The van der Waals surface area contributed by atoms with E-state index in [2.05, 4.69) is 39.8 Å². The lowest BCUT2D eigenvalue weighted by molar-refractivity contribution is 0.156. The number of rotatable bonds is 6. The van der Waals surface area contributed by atoms with Crippen molar-refractivity contribution < 1.29 is 9.52 Å². The summed E-state index contributed by atoms with van der Waals surface area (Å²) in [7, 11) is 0. The van der Waals surface area contributed by atoms with Gasteiger partial charge < -0.3 is 15.3 Å². The van der Waals surface area contributed by atoms with E-state index < -0.39 is 5.60 Å². The monoisotopic (exact) mass is 382 g/mol. The second-order valence-corrected chi connectivity index (χ2v) is 7.99. The van der Waals surface area contributed by atoms with Gasteiger partial charge in [-0.2, -0.15) is 0 Å². The second-order valence-electron chi connectivity index (χ2n) is 7.02. The van der Waals surface area contributed by atoms with Crippen LogP contribution in [0.2, 0.25) is 0 Å².